The number of nitrogens with one attached hydrogen (secondary N) is 2. The van der Waals surface area contributed by atoms with Crippen LogP contribution < -0.4 is 16.4 Å². The molecule has 4 N–H and O–H groups in total. The van der Waals surface area contributed by atoms with Gasteiger partial charge in [0.1, 0.15) is 5.00 Å². The van der Waals surface area contributed by atoms with Crippen LogP contribution in [-0.2, 0) is 32.1 Å². The van der Waals surface area contributed by atoms with Gasteiger partial charge in [-0.15, -0.1) is 11.3 Å². The lowest BCUT2D eigenvalue weighted by Crippen LogP contribution is -2.36. The number of methoxy groups -OCH3 is 1. The second-order valence-corrected chi connectivity index (χ2v) is 7.46. The van der Waals surface area contributed by atoms with E-state index in [2.05, 4.69) is 10.6 Å². The van der Waals surface area contributed by atoms with E-state index in [1.807, 2.05) is 13.8 Å². The Hall–Kier alpha value is -1.97. The summed E-state index contributed by atoms with van der Waals surface area (Å²) in [6, 6.07) is 0. The van der Waals surface area contributed by atoms with Crippen LogP contribution in [0.4, 0.5) is 5.00 Å². The Morgan fingerprint density at radius 2 is 2.04 bits per heavy atom. The summed E-state index contributed by atoms with van der Waals surface area (Å²) in [6.07, 6.45) is 1.11. The number of amides is 3. The zero-order valence-electron chi connectivity index (χ0n) is 14.6. The predicted octanol–water partition coefficient (Wildman–Crippen LogP) is 0.790. The third-order valence-electron chi connectivity index (χ3n) is 3.78. The molecule has 0 atom stereocenters. The highest BCUT2D eigenvalue weighted by Crippen LogP contribution is 2.40. The zero-order chi connectivity index (χ0) is 18.6. The number of carbonyl (C=O) groups excluding carboxylic acids is 3. The van der Waals surface area contributed by atoms with Crippen LogP contribution in [0.1, 0.15) is 41.1 Å². The average molecular weight is 369 g/mol. The molecule has 0 unspecified atom stereocenters. The minimum atomic E-state index is -0.835. The number of rotatable bonds is 6. The topological polar surface area (TPSA) is 120 Å². The number of nitrogens with two attached hydrogens (primary N) is 1. The molecule has 138 valence electrons. The van der Waals surface area contributed by atoms with Crippen LogP contribution in [0.3, 0.4) is 0 Å². The van der Waals surface area contributed by atoms with Gasteiger partial charge in [-0.05, 0) is 25.8 Å². The van der Waals surface area contributed by atoms with Gasteiger partial charge in [0.15, 0.2) is 0 Å². The molecule has 0 saturated carbocycles. The van der Waals surface area contributed by atoms with Gasteiger partial charge in [0, 0.05) is 31.6 Å². The summed E-state index contributed by atoms with van der Waals surface area (Å²) in [5, 5.41) is 5.28. The maximum Gasteiger partial charge on any atom is 0.314 e. The Labute approximate surface area is 150 Å². The number of primary amides is 1. The van der Waals surface area contributed by atoms with Crippen molar-refractivity contribution in [2.45, 2.75) is 38.9 Å². The molecule has 1 aromatic heterocycles. The summed E-state index contributed by atoms with van der Waals surface area (Å²) in [5.74, 6) is -2.24. The summed E-state index contributed by atoms with van der Waals surface area (Å²) >= 11 is 1.21. The summed E-state index contributed by atoms with van der Waals surface area (Å²) in [7, 11) is 1.56. The zero-order valence-corrected chi connectivity index (χ0v) is 15.4. The maximum atomic E-state index is 12.1. The Morgan fingerprint density at radius 3 is 2.68 bits per heavy atom. The lowest BCUT2D eigenvalue weighted by molar-refractivity contribution is -0.136. The van der Waals surface area contributed by atoms with Crippen molar-refractivity contribution >= 4 is 34.1 Å². The molecule has 25 heavy (non-hydrogen) atoms. The smallest absolute Gasteiger partial charge is 0.314 e. The molecular formula is C16H23N3O5S. The Bertz CT molecular complexity index is 684. The minimum absolute atomic E-state index is 0.261. The highest BCUT2D eigenvalue weighted by Gasteiger charge is 2.33. The first kappa shape index (κ1) is 19.4. The van der Waals surface area contributed by atoms with E-state index in [1.54, 1.807) is 7.11 Å². The first-order chi connectivity index (χ1) is 11.7. The second-order valence-electron chi connectivity index (χ2n) is 6.35. The van der Waals surface area contributed by atoms with Crippen molar-refractivity contribution < 1.29 is 23.9 Å². The molecule has 0 bridgehead atoms. The second kappa shape index (κ2) is 7.94. The Morgan fingerprint density at radius 1 is 1.32 bits per heavy atom. The molecule has 1 aromatic rings. The van der Waals surface area contributed by atoms with Gasteiger partial charge >= 0.3 is 11.8 Å². The van der Waals surface area contributed by atoms with Crippen molar-refractivity contribution in [1.82, 2.24) is 5.32 Å². The molecular weight excluding hydrogens is 346 g/mol. The van der Waals surface area contributed by atoms with E-state index in [4.69, 9.17) is 15.2 Å². The Balaban J connectivity index is 2.12. The number of anilines is 1. The standard InChI is InChI=1S/C16H23N3O5S/c1-16(2)7-9-10(8-24-16)25-15(11(9)12(17)20)19-14(22)13(21)18-5-4-6-23-3/h4-8H2,1-3H3,(H2,17,20)(H,18,21)(H,19,22). The number of ether oxygens (including phenoxy) is 2. The van der Waals surface area contributed by atoms with E-state index in [-0.39, 0.29) is 10.6 Å². The number of hydrogen-bond donors (Lipinski definition) is 3. The van der Waals surface area contributed by atoms with E-state index in [0.29, 0.717) is 32.6 Å². The Kier molecular flexibility index (Phi) is 6.15. The fourth-order valence-corrected chi connectivity index (χ4v) is 3.69. The largest absolute Gasteiger partial charge is 0.385 e. The highest BCUT2D eigenvalue weighted by atomic mass is 32.1. The molecule has 0 saturated heterocycles. The van der Waals surface area contributed by atoms with Crippen LogP contribution in [0, 0.1) is 0 Å². The molecule has 3 amide bonds. The number of carbonyl (C=O) groups is 3. The monoisotopic (exact) mass is 369 g/mol. The van der Waals surface area contributed by atoms with Crippen LogP contribution in [0.5, 0.6) is 0 Å². The van der Waals surface area contributed by atoms with Gasteiger partial charge in [0.25, 0.3) is 5.91 Å². The van der Waals surface area contributed by atoms with E-state index in [0.717, 1.165) is 10.4 Å². The highest BCUT2D eigenvalue weighted by molar-refractivity contribution is 7.17. The molecule has 0 spiro atoms. The number of fused-ring (bicyclic) bond motifs is 1. The molecule has 1 aliphatic heterocycles. The van der Waals surface area contributed by atoms with E-state index in [9.17, 15) is 14.4 Å². The number of thiophene rings is 1. The van der Waals surface area contributed by atoms with Crippen LogP contribution in [0.15, 0.2) is 0 Å². The van der Waals surface area contributed by atoms with Crippen molar-refractivity contribution in [2.75, 3.05) is 25.6 Å². The predicted molar refractivity (Wildman–Crippen MR) is 93.5 cm³/mol. The van der Waals surface area contributed by atoms with Gasteiger partial charge in [0.2, 0.25) is 0 Å². The van der Waals surface area contributed by atoms with Crippen LogP contribution in [0.2, 0.25) is 0 Å². The summed E-state index contributed by atoms with van der Waals surface area (Å²) < 4.78 is 10.6. The van der Waals surface area contributed by atoms with Gasteiger partial charge < -0.3 is 25.8 Å². The van der Waals surface area contributed by atoms with E-state index < -0.39 is 23.3 Å². The van der Waals surface area contributed by atoms with Crippen molar-refractivity contribution in [2.24, 2.45) is 5.73 Å². The molecule has 2 rings (SSSR count). The fraction of sp³-hybridized carbons (Fsp3) is 0.562. The van der Waals surface area contributed by atoms with E-state index in [1.165, 1.54) is 11.3 Å². The quantitative estimate of drug-likeness (QED) is 0.506. The van der Waals surface area contributed by atoms with Crippen molar-refractivity contribution in [3.63, 3.8) is 0 Å². The molecule has 0 aliphatic carbocycles. The van der Waals surface area contributed by atoms with Crippen molar-refractivity contribution in [3.8, 4) is 0 Å². The van der Waals surface area contributed by atoms with Gasteiger partial charge in [-0.2, -0.15) is 0 Å². The SMILES string of the molecule is COCCCNC(=O)C(=O)Nc1sc2c(c1C(N)=O)CC(C)(C)OC2. The minimum Gasteiger partial charge on any atom is -0.385 e. The van der Waals surface area contributed by atoms with Gasteiger partial charge in [0.05, 0.1) is 17.8 Å². The molecule has 0 radical (unpaired) electrons. The lowest BCUT2D eigenvalue weighted by atomic mass is 9.93. The normalized spacial score (nSPS) is 15.3. The molecule has 0 fully saturated rings. The van der Waals surface area contributed by atoms with Crippen LogP contribution in [0.25, 0.3) is 0 Å². The summed E-state index contributed by atoms with van der Waals surface area (Å²) in [6.45, 7) is 4.99. The first-order valence-electron chi connectivity index (χ1n) is 7.91. The average Bonchev–Trinajstić information content (AvgIpc) is 2.87. The fourth-order valence-electron chi connectivity index (χ4n) is 2.56. The van der Waals surface area contributed by atoms with E-state index >= 15 is 0 Å². The third-order valence-corrected chi connectivity index (χ3v) is 4.90. The molecule has 9 heteroatoms. The van der Waals surface area contributed by atoms with Crippen LogP contribution in [-0.4, -0.2) is 43.6 Å². The maximum absolute atomic E-state index is 12.1. The van der Waals surface area contributed by atoms with Gasteiger partial charge in [-0.3, -0.25) is 14.4 Å². The summed E-state index contributed by atoms with van der Waals surface area (Å²) in [4.78, 5) is 36.6. The molecule has 1 aliphatic rings. The number of hydrogen-bond acceptors (Lipinski definition) is 6. The summed E-state index contributed by atoms with van der Waals surface area (Å²) in [5.41, 5.74) is 6.12. The van der Waals surface area contributed by atoms with Crippen molar-refractivity contribution in [1.29, 1.82) is 0 Å². The van der Waals surface area contributed by atoms with Crippen molar-refractivity contribution in [3.05, 3.63) is 16.0 Å². The van der Waals surface area contributed by atoms with Crippen LogP contribution >= 0.6 is 11.3 Å². The molecule has 8 nitrogen and oxygen atoms in total. The van der Waals surface area contributed by atoms with Gasteiger partial charge in [-0.25, -0.2) is 0 Å². The third kappa shape index (κ3) is 4.77. The lowest BCUT2D eigenvalue weighted by Gasteiger charge is -2.30. The molecule has 0 aromatic carbocycles. The first-order valence-corrected chi connectivity index (χ1v) is 8.73. The van der Waals surface area contributed by atoms with Gasteiger partial charge in [-0.1, -0.05) is 0 Å². The molecule has 2 heterocycles.